The first-order valence-corrected chi connectivity index (χ1v) is 7.50. The summed E-state index contributed by atoms with van der Waals surface area (Å²) in [6, 6.07) is 0. The summed E-state index contributed by atoms with van der Waals surface area (Å²) in [7, 11) is 0. The number of hydrogen-bond donors (Lipinski definition) is 0. The van der Waals surface area contributed by atoms with Gasteiger partial charge in [-0.1, -0.05) is 66.2 Å². The molecular formula is C20H32Cl2Zr. The van der Waals surface area contributed by atoms with Gasteiger partial charge in [-0.2, -0.15) is 22.3 Å². The van der Waals surface area contributed by atoms with Gasteiger partial charge in [-0.3, -0.25) is 12.2 Å². The second-order valence-electron chi connectivity index (χ2n) is 7.25. The molecule has 23 heavy (non-hydrogen) atoms. The van der Waals surface area contributed by atoms with Gasteiger partial charge in [-0.25, -0.2) is 11.1 Å². The fourth-order valence-corrected chi connectivity index (χ4v) is 2.81. The van der Waals surface area contributed by atoms with E-state index in [9.17, 15) is 0 Å². The molecule has 2 aliphatic carbocycles. The Morgan fingerprint density at radius 1 is 0.565 bits per heavy atom. The van der Waals surface area contributed by atoms with Gasteiger partial charge in [0.05, 0.1) is 0 Å². The fourth-order valence-electron chi connectivity index (χ4n) is 2.81. The molecule has 0 fully saturated rings. The molecule has 0 nitrogen and oxygen atoms in total. The molecule has 0 heterocycles. The van der Waals surface area contributed by atoms with Crippen molar-refractivity contribution >= 4 is 24.8 Å². The van der Waals surface area contributed by atoms with Crippen LogP contribution in [0.15, 0.2) is 33.4 Å². The van der Waals surface area contributed by atoms with Crippen LogP contribution in [-0.2, 0) is 26.2 Å². The van der Waals surface area contributed by atoms with Gasteiger partial charge in [0.1, 0.15) is 0 Å². The van der Waals surface area contributed by atoms with Gasteiger partial charge in [-0.15, -0.1) is 38.7 Å². The molecule has 0 amide bonds. The Hall–Kier alpha value is 0.423. The molecular weight excluding hydrogens is 402 g/mol. The van der Waals surface area contributed by atoms with Crippen molar-refractivity contribution in [1.82, 2.24) is 0 Å². The third kappa shape index (κ3) is 6.34. The molecule has 0 N–H and O–H groups in total. The van der Waals surface area contributed by atoms with Crippen LogP contribution in [0, 0.1) is 23.0 Å². The summed E-state index contributed by atoms with van der Waals surface area (Å²) in [5.41, 5.74) is 8.79. The minimum atomic E-state index is 0. The Morgan fingerprint density at radius 2 is 0.783 bits per heavy atom. The topological polar surface area (TPSA) is 0 Å². The van der Waals surface area contributed by atoms with Crippen LogP contribution in [0.4, 0.5) is 0 Å². The molecule has 3 heteroatoms. The molecule has 130 valence electrons. The second kappa shape index (κ2) is 9.79. The van der Waals surface area contributed by atoms with Crippen molar-refractivity contribution < 1.29 is 26.2 Å². The SMILES string of the molecule is CC1=[C-]C(C)(C)C(C)=C1C.CC1=[C-]C(C)(C)C(C)=C1C.Cl.Cl.[Zr+2]. The van der Waals surface area contributed by atoms with E-state index >= 15 is 0 Å². The quantitative estimate of drug-likeness (QED) is 0.358. The maximum Gasteiger partial charge on any atom is 2.00 e. The third-order valence-corrected chi connectivity index (χ3v) is 5.12. The number of allylic oxidation sites excluding steroid dienone is 8. The molecule has 0 spiro atoms. The first-order valence-electron chi connectivity index (χ1n) is 7.50. The molecule has 0 aromatic rings. The van der Waals surface area contributed by atoms with Crippen molar-refractivity contribution in [2.75, 3.05) is 0 Å². The van der Waals surface area contributed by atoms with E-state index < -0.39 is 0 Å². The van der Waals surface area contributed by atoms with E-state index in [1.54, 1.807) is 0 Å². The largest absolute Gasteiger partial charge is 2.00 e. The molecule has 0 unspecified atom stereocenters. The minimum Gasteiger partial charge on any atom is -0.263 e. The van der Waals surface area contributed by atoms with E-state index in [2.05, 4.69) is 81.4 Å². The zero-order chi connectivity index (χ0) is 15.9. The van der Waals surface area contributed by atoms with Crippen molar-refractivity contribution in [3.05, 3.63) is 45.6 Å². The number of rotatable bonds is 0. The van der Waals surface area contributed by atoms with Crippen molar-refractivity contribution in [3.63, 3.8) is 0 Å². The third-order valence-electron chi connectivity index (χ3n) is 5.12. The van der Waals surface area contributed by atoms with Crippen molar-refractivity contribution in [1.29, 1.82) is 0 Å². The zero-order valence-electron chi connectivity index (χ0n) is 16.3. The second-order valence-corrected chi connectivity index (χ2v) is 7.25. The standard InChI is InChI=1S/2C10H15.2ClH.Zr/c2*1-7-6-10(4,5)9(3)8(7)2;;;/h2*1-5H3;2*1H;/q2*-1;;;+2. The molecule has 2 aliphatic rings. The minimum absolute atomic E-state index is 0. The summed E-state index contributed by atoms with van der Waals surface area (Å²) in [5.74, 6) is 0. The number of halogens is 2. The number of hydrogen-bond acceptors (Lipinski definition) is 0. The average Bonchev–Trinajstić information content (AvgIpc) is 2.60. The van der Waals surface area contributed by atoms with Crippen LogP contribution in [0.25, 0.3) is 0 Å². The summed E-state index contributed by atoms with van der Waals surface area (Å²) >= 11 is 0. The van der Waals surface area contributed by atoms with E-state index in [0.717, 1.165) is 0 Å². The molecule has 0 aromatic heterocycles. The Morgan fingerprint density at radius 3 is 0.826 bits per heavy atom. The van der Waals surface area contributed by atoms with E-state index in [0.29, 0.717) is 0 Å². The smallest absolute Gasteiger partial charge is 0.263 e. The fraction of sp³-hybridized carbons (Fsp3) is 0.600. The molecule has 0 bridgehead atoms. The molecule has 0 radical (unpaired) electrons. The van der Waals surface area contributed by atoms with Crippen molar-refractivity contribution in [2.45, 2.75) is 69.2 Å². The molecule has 0 saturated heterocycles. The molecule has 0 aromatic carbocycles. The van der Waals surface area contributed by atoms with E-state index in [4.69, 9.17) is 0 Å². The van der Waals surface area contributed by atoms with Crippen LogP contribution in [-0.4, -0.2) is 0 Å². The van der Waals surface area contributed by atoms with Crippen LogP contribution in [0.1, 0.15) is 69.2 Å². The van der Waals surface area contributed by atoms with E-state index in [1.165, 1.54) is 33.4 Å². The molecule has 0 atom stereocenters. The van der Waals surface area contributed by atoms with Gasteiger partial charge in [0.2, 0.25) is 0 Å². The maximum absolute atomic E-state index is 3.44. The summed E-state index contributed by atoms with van der Waals surface area (Å²) in [5, 5.41) is 0. The predicted molar refractivity (Wildman–Crippen MR) is 104 cm³/mol. The molecule has 0 saturated carbocycles. The van der Waals surface area contributed by atoms with E-state index in [-0.39, 0.29) is 61.8 Å². The first-order chi connectivity index (χ1) is 8.90. The molecule has 0 aliphatic heterocycles. The van der Waals surface area contributed by atoms with Crippen LogP contribution in [0.3, 0.4) is 0 Å². The van der Waals surface area contributed by atoms with Gasteiger partial charge in [0, 0.05) is 0 Å². The van der Waals surface area contributed by atoms with Gasteiger partial charge in [0.25, 0.3) is 0 Å². The van der Waals surface area contributed by atoms with Crippen LogP contribution >= 0.6 is 24.8 Å². The van der Waals surface area contributed by atoms with Gasteiger partial charge >= 0.3 is 26.2 Å². The summed E-state index contributed by atoms with van der Waals surface area (Å²) in [6.07, 6.45) is 6.87. The summed E-state index contributed by atoms with van der Waals surface area (Å²) in [6.45, 7) is 21.8. The van der Waals surface area contributed by atoms with Crippen LogP contribution < -0.4 is 0 Å². The van der Waals surface area contributed by atoms with Crippen molar-refractivity contribution in [3.8, 4) is 0 Å². The molecule has 2 rings (SSSR count). The van der Waals surface area contributed by atoms with Crippen LogP contribution in [0.2, 0.25) is 0 Å². The van der Waals surface area contributed by atoms with E-state index in [1.807, 2.05) is 0 Å². The van der Waals surface area contributed by atoms with Gasteiger partial charge in [-0.05, 0) is 0 Å². The summed E-state index contributed by atoms with van der Waals surface area (Å²) in [4.78, 5) is 0. The monoisotopic (exact) mass is 432 g/mol. The Balaban J connectivity index is -0.000000308. The van der Waals surface area contributed by atoms with Crippen LogP contribution in [0.5, 0.6) is 0 Å². The van der Waals surface area contributed by atoms with Gasteiger partial charge < -0.3 is 0 Å². The van der Waals surface area contributed by atoms with Crippen molar-refractivity contribution in [2.24, 2.45) is 10.8 Å². The average molecular weight is 435 g/mol. The Kier molecular flexibility index (Phi) is 12.0. The normalized spacial score (nSPS) is 20.4. The summed E-state index contributed by atoms with van der Waals surface area (Å²) < 4.78 is 0. The zero-order valence-corrected chi connectivity index (χ0v) is 20.4. The first kappa shape index (κ1) is 28.2. The Bertz CT molecular complexity index is 494. The predicted octanol–water partition coefficient (Wildman–Crippen LogP) is 7.07. The Labute approximate surface area is 175 Å². The van der Waals surface area contributed by atoms with Gasteiger partial charge in [0.15, 0.2) is 0 Å². The maximum atomic E-state index is 3.44.